The maximum Gasteiger partial charge on any atom is 0.223 e. The van der Waals surface area contributed by atoms with Crippen LogP contribution in [-0.4, -0.2) is 24.9 Å². The van der Waals surface area contributed by atoms with Crippen molar-refractivity contribution in [1.82, 2.24) is 5.32 Å². The van der Waals surface area contributed by atoms with Crippen molar-refractivity contribution in [3.05, 3.63) is 28.8 Å². The summed E-state index contributed by atoms with van der Waals surface area (Å²) in [7, 11) is 0. The Balaban J connectivity index is 2.62. The molecule has 0 radical (unpaired) electrons. The highest BCUT2D eigenvalue weighted by molar-refractivity contribution is 6.30. The molecule has 4 nitrogen and oxygen atoms in total. The third-order valence-corrected chi connectivity index (χ3v) is 3.67. The predicted octanol–water partition coefficient (Wildman–Crippen LogP) is 3.55. The monoisotopic (exact) mass is 324 g/mol. The van der Waals surface area contributed by atoms with Crippen LogP contribution in [0.25, 0.3) is 0 Å². The van der Waals surface area contributed by atoms with Crippen LogP contribution in [0.5, 0.6) is 0 Å². The zero-order valence-electron chi connectivity index (χ0n) is 13.8. The molecule has 5 heteroatoms. The van der Waals surface area contributed by atoms with Gasteiger partial charge in [0.15, 0.2) is 0 Å². The van der Waals surface area contributed by atoms with Gasteiger partial charge in [-0.05, 0) is 43.0 Å². The Morgan fingerprint density at radius 2 is 2.00 bits per heavy atom. The molecule has 0 saturated heterocycles. The lowest BCUT2D eigenvalue weighted by atomic mass is 10.1. The van der Waals surface area contributed by atoms with E-state index in [1.165, 1.54) is 6.92 Å². The molecule has 0 atom stereocenters. The number of halogens is 1. The molecule has 0 aliphatic heterocycles. The fourth-order valence-electron chi connectivity index (χ4n) is 2.17. The van der Waals surface area contributed by atoms with E-state index in [-0.39, 0.29) is 11.8 Å². The number of nitrogens with zero attached hydrogens (tertiary/aromatic N) is 1. The number of nitrogens with one attached hydrogen (secondary N) is 1. The van der Waals surface area contributed by atoms with Crippen molar-refractivity contribution in [3.8, 4) is 0 Å². The smallest absolute Gasteiger partial charge is 0.223 e. The molecule has 1 N–H and O–H groups in total. The fourth-order valence-corrected chi connectivity index (χ4v) is 2.40. The molecule has 1 rings (SSSR count). The summed E-state index contributed by atoms with van der Waals surface area (Å²) in [6, 6.07) is 5.38. The van der Waals surface area contributed by atoms with Crippen LogP contribution in [0.2, 0.25) is 5.02 Å². The molecule has 0 heterocycles. The molecule has 0 aliphatic carbocycles. The molecule has 0 saturated carbocycles. The van der Waals surface area contributed by atoms with Gasteiger partial charge in [-0.15, -0.1) is 0 Å². The van der Waals surface area contributed by atoms with Crippen molar-refractivity contribution in [3.63, 3.8) is 0 Å². The average Bonchev–Trinajstić information content (AvgIpc) is 2.40. The summed E-state index contributed by atoms with van der Waals surface area (Å²) in [4.78, 5) is 25.3. The number of hydrogen-bond acceptors (Lipinski definition) is 2. The summed E-state index contributed by atoms with van der Waals surface area (Å²) in [5.74, 6) is 0.449. The molecule has 0 fully saturated rings. The number of hydrogen-bond donors (Lipinski definition) is 1. The Labute approximate surface area is 137 Å². The molecule has 0 aliphatic rings. The van der Waals surface area contributed by atoms with E-state index >= 15 is 0 Å². The standard InChI is InChI=1S/C17H25ClN2O2/c1-12(2)7-9-19-17(22)8-10-20(14(4)21)16-6-5-15(18)11-13(16)3/h5-6,11-12H,7-10H2,1-4H3,(H,19,22). The highest BCUT2D eigenvalue weighted by atomic mass is 35.5. The van der Waals surface area contributed by atoms with Gasteiger partial charge >= 0.3 is 0 Å². The predicted molar refractivity (Wildman–Crippen MR) is 91.3 cm³/mol. The van der Waals surface area contributed by atoms with Gasteiger partial charge in [-0.1, -0.05) is 25.4 Å². The second-order valence-corrected chi connectivity index (χ2v) is 6.32. The van der Waals surface area contributed by atoms with Gasteiger partial charge < -0.3 is 10.2 Å². The van der Waals surface area contributed by atoms with Gasteiger partial charge in [0.05, 0.1) is 0 Å². The van der Waals surface area contributed by atoms with Crippen molar-refractivity contribution in [2.24, 2.45) is 5.92 Å². The Hall–Kier alpha value is -1.55. The number of anilines is 1. The Bertz CT molecular complexity index is 529. The first-order chi connectivity index (χ1) is 10.3. The Morgan fingerprint density at radius 3 is 2.55 bits per heavy atom. The zero-order valence-corrected chi connectivity index (χ0v) is 14.5. The molecular formula is C17H25ClN2O2. The van der Waals surface area contributed by atoms with Gasteiger partial charge in [-0.3, -0.25) is 9.59 Å². The number of rotatable bonds is 7. The Morgan fingerprint density at radius 1 is 1.32 bits per heavy atom. The van der Waals surface area contributed by atoms with Crippen molar-refractivity contribution >= 4 is 29.1 Å². The molecule has 1 aromatic carbocycles. The highest BCUT2D eigenvalue weighted by Gasteiger charge is 2.15. The SMILES string of the molecule is CC(=O)N(CCC(=O)NCCC(C)C)c1ccc(Cl)cc1C. The molecule has 0 bridgehead atoms. The molecule has 0 aromatic heterocycles. The number of amides is 2. The van der Waals surface area contributed by atoms with Crippen LogP contribution in [0.4, 0.5) is 5.69 Å². The van der Waals surface area contributed by atoms with E-state index in [1.54, 1.807) is 11.0 Å². The van der Waals surface area contributed by atoms with Crippen LogP contribution in [-0.2, 0) is 9.59 Å². The van der Waals surface area contributed by atoms with E-state index in [2.05, 4.69) is 19.2 Å². The van der Waals surface area contributed by atoms with E-state index in [0.717, 1.165) is 17.7 Å². The number of aryl methyl sites for hydroxylation is 1. The number of benzene rings is 1. The minimum absolute atomic E-state index is 0.0292. The van der Waals surface area contributed by atoms with E-state index in [1.807, 2.05) is 19.1 Å². The van der Waals surface area contributed by atoms with Gasteiger partial charge in [-0.25, -0.2) is 0 Å². The van der Waals surface area contributed by atoms with E-state index in [9.17, 15) is 9.59 Å². The normalized spacial score (nSPS) is 10.6. The quantitative estimate of drug-likeness (QED) is 0.833. The lowest BCUT2D eigenvalue weighted by Gasteiger charge is -2.23. The van der Waals surface area contributed by atoms with Crippen LogP contribution >= 0.6 is 11.6 Å². The fraction of sp³-hybridized carbons (Fsp3) is 0.529. The molecule has 1 aromatic rings. The molecule has 0 spiro atoms. The first-order valence-electron chi connectivity index (χ1n) is 7.62. The van der Waals surface area contributed by atoms with Gasteiger partial charge in [0.1, 0.15) is 0 Å². The minimum Gasteiger partial charge on any atom is -0.356 e. The van der Waals surface area contributed by atoms with E-state index in [0.29, 0.717) is 30.5 Å². The second kappa shape index (κ2) is 8.79. The lowest BCUT2D eigenvalue weighted by Crippen LogP contribution is -2.34. The van der Waals surface area contributed by atoms with Crippen LogP contribution in [0.1, 0.15) is 39.2 Å². The number of carbonyl (C=O) groups excluding carboxylic acids is 2. The lowest BCUT2D eigenvalue weighted by molar-refractivity contribution is -0.121. The first kappa shape index (κ1) is 18.5. The van der Waals surface area contributed by atoms with Gasteiger partial charge in [0, 0.05) is 37.1 Å². The average molecular weight is 325 g/mol. The summed E-state index contributed by atoms with van der Waals surface area (Å²) in [5.41, 5.74) is 1.72. The van der Waals surface area contributed by atoms with Crippen molar-refractivity contribution in [2.75, 3.05) is 18.0 Å². The summed E-state index contributed by atoms with van der Waals surface area (Å²) >= 11 is 5.94. The van der Waals surface area contributed by atoms with E-state index < -0.39 is 0 Å². The van der Waals surface area contributed by atoms with Gasteiger partial charge in [-0.2, -0.15) is 0 Å². The summed E-state index contributed by atoms with van der Waals surface area (Å²) in [6.45, 7) is 8.69. The van der Waals surface area contributed by atoms with Crippen molar-refractivity contribution < 1.29 is 9.59 Å². The minimum atomic E-state index is -0.0830. The number of carbonyl (C=O) groups is 2. The summed E-state index contributed by atoms with van der Waals surface area (Å²) < 4.78 is 0. The van der Waals surface area contributed by atoms with Crippen LogP contribution in [0.15, 0.2) is 18.2 Å². The van der Waals surface area contributed by atoms with Gasteiger partial charge in [0.2, 0.25) is 11.8 Å². The highest BCUT2D eigenvalue weighted by Crippen LogP contribution is 2.24. The largest absolute Gasteiger partial charge is 0.356 e. The molecular weight excluding hydrogens is 300 g/mol. The summed E-state index contributed by atoms with van der Waals surface area (Å²) in [5, 5.41) is 3.52. The molecule has 22 heavy (non-hydrogen) atoms. The molecule has 0 unspecified atom stereocenters. The first-order valence-corrected chi connectivity index (χ1v) is 8.00. The Kier molecular flexibility index (Phi) is 7.39. The maximum absolute atomic E-state index is 11.9. The zero-order chi connectivity index (χ0) is 16.7. The van der Waals surface area contributed by atoms with Crippen molar-refractivity contribution in [1.29, 1.82) is 0 Å². The topological polar surface area (TPSA) is 49.4 Å². The third kappa shape index (κ3) is 6.06. The van der Waals surface area contributed by atoms with Crippen molar-refractivity contribution in [2.45, 2.75) is 40.5 Å². The third-order valence-electron chi connectivity index (χ3n) is 3.44. The maximum atomic E-state index is 11.9. The van der Waals surface area contributed by atoms with Gasteiger partial charge in [0.25, 0.3) is 0 Å². The van der Waals surface area contributed by atoms with E-state index in [4.69, 9.17) is 11.6 Å². The molecule has 2 amide bonds. The summed E-state index contributed by atoms with van der Waals surface area (Å²) in [6.07, 6.45) is 1.25. The van der Waals surface area contributed by atoms with Crippen LogP contribution in [0.3, 0.4) is 0 Å². The second-order valence-electron chi connectivity index (χ2n) is 5.88. The molecule has 122 valence electrons. The van der Waals surface area contributed by atoms with Crippen LogP contribution < -0.4 is 10.2 Å². The van der Waals surface area contributed by atoms with Crippen LogP contribution in [0, 0.1) is 12.8 Å².